The second-order valence-corrected chi connectivity index (χ2v) is 6.13. The van der Waals surface area contributed by atoms with Crippen molar-refractivity contribution in [3.8, 4) is 5.75 Å². The summed E-state index contributed by atoms with van der Waals surface area (Å²) in [7, 11) is 0. The fourth-order valence-electron chi connectivity index (χ4n) is 3.92. The van der Waals surface area contributed by atoms with E-state index < -0.39 is 0 Å². The van der Waals surface area contributed by atoms with Gasteiger partial charge in [-0.05, 0) is 33.6 Å². The molecule has 2 aliphatic rings. The second kappa shape index (κ2) is 4.30. The molecule has 22 heavy (non-hydrogen) atoms. The van der Waals surface area contributed by atoms with Crippen LogP contribution in [0.4, 0.5) is 0 Å². The maximum absolute atomic E-state index is 6.10. The highest BCUT2D eigenvalue weighted by Crippen LogP contribution is 2.53. The van der Waals surface area contributed by atoms with E-state index in [-0.39, 0.29) is 5.41 Å². The largest absolute Gasteiger partial charge is 0.493 e. The fraction of sp³-hybridized carbons (Fsp3) is 0.294. The molecule has 5 heteroatoms. The van der Waals surface area contributed by atoms with E-state index in [2.05, 4.69) is 39.9 Å². The first-order valence-electron chi connectivity index (χ1n) is 7.52. The Kier molecular flexibility index (Phi) is 2.38. The van der Waals surface area contributed by atoms with Gasteiger partial charge < -0.3 is 10.1 Å². The molecule has 0 spiro atoms. The van der Waals surface area contributed by atoms with Crippen LogP contribution in [0.15, 0.2) is 47.1 Å². The van der Waals surface area contributed by atoms with Gasteiger partial charge in [-0.2, -0.15) is 0 Å². The van der Waals surface area contributed by atoms with E-state index in [1.807, 2.05) is 18.2 Å². The third kappa shape index (κ3) is 1.51. The minimum atomic E-state index is 0.105. The number of nitrogens with zero attached hydrogens (tertiary/aromatic N) is 2. The molecule has 1 saturated heterocycles. The Morgan fingerprint density at radius 2 is 2.09 bits per heavy atom. The Labute approximate surface area is 127 Å². The lowest BCUT2D eigenvalue weighted by molar-refractivity contribution is 0.190. The number of aromatic nitrogens is 2. The summed E-state index contributed by atoms with van der Waals surface area (Å²) in [6.07, 6.45) is 0. The zero-order chi connectivity index (χ0) is 14.6. The molecule has 0 radical (unpaired) electrons. The van der Waals surface area contributed by atoms with Crippen LogP contribution in [-0.4, -0.2) is 30.0 Å². The topological polar surface area (TPSA) is 60.2 Å². The summed E-state index contributed by atoms with van der Waals surface area (Å²) in [5, 5.41) is 11.2. The number of hydrogen-bond acceptors (Lipinski definition) is 5. The second-order valence-electron chi connectivity index (χ2n) is 6.13. The molecule has 1 aromatic heterocycles. The Bertz CT molecular complexity index is 860. The van der Waals surface area contributed by atoms with Gasteiger partial charge in [0.25, 0.3) is 0 Å². The summed E-state index contributed by atoms with van der Waals surface area (Å²) in [6.45, 7) is 2.69. The SMILES string of the molecule is c1ccc2c(c1)[C@@H]1CNC[C@]21COc1ccc2nonc2c1. The molecule has 0 amide bonds. The average molecular weight is 293 g/mol. The van der Waals surface area contributed by atoms with Crippen LogP contribution in [0.25, 0.3) is 11.0 Å². The van der Waals surface area contributed by atoms with Crippen LogP contribution in [-0.2, 0) is 5.41 Å². The lowest BCUT2D eigenvalue weighted by Gasteiger charge is -2.46. The molecule has 1 aliphatic carbocycles. The summed E-state index contributed by atoms with van der Waals surface area (Å²) in [4.78, 5) is 0. The van der Waals surface area contributed by atoms with Crippen LogP contribution in [0.5, 0.6) is 5.75 Å². The van der Waals surface area contributed by atoms with Crippen LogP contribution in [0.3, 0.4) is 0 Å². The van der Waals surface area contributed by atoms with Gasteiger partial charge in [0.05, 0.1) is 12.0 Å². The lowest BCUT2D eigenvalue weighted by atomic mass is 9.58. The summed E-state index contributed by atoms with van der Waals surface area (Å²) in [5.74, 6) is 1.37. The van der Waals surface area contributed by atoms with Gasteiger partial charge in [-0.25, -0.2) is 4.63 Å². The Hall–Kier alpha value is -2.40. The van der Waals surface area contributed by atoms with E-state index in [9.17, 15) is 0 Å². The predicted molar refractivity (Wildman–Crippen MR) is 81.0 cm³/mol. The number of benzene rings is 2. The van der Waals surface area contributed by atoms with Gasteiger partial charge in [-0.3, -0.25) is 0 Å². The van der Waals surface area contributed by atoms with Gasteiger partial charge in [0.15, 0.2) is 0 Å². The molecule has 5 nitrogen and oxygen atoms in total. The molecule has 2 atom stereocenters. The summed E-state index contributed by atoms with van der Waals surface area (Å²) < 4.78 is 10.8. The van der Waals surface area contributed by atoms with Gasteiger partial charge in [-0.15, -0.1) is 0 Å². The van der Waals surface area contributed by atoms with Crippen molar-refractivity contribution in [2.75, 3.05) is 19.7 Å². The first-order chi connectivity index (χ1) is 10.9. The molecule has 1 N–H and O–H groups in total. The van der Waals surface area contributed by atoms with Gasteiger partial charge in [0, 0.05) is 25.1 Å². The van der Waals surface area contributed by atoms with E-state index in [1.165, 1.54) is 11.1 Å². The first-order valence-corrected chi connectivity index (χ1v) is 7.52. The third-order valence-electron chi connectivity index (χ3n) is 5.05. The zero-order valence-electron chi connectivity index (χ0n) is 12.0. The van der Waals surface area contributed by atoms with E-state index in [4.69, 9.17) is 9.37 Å². The summed E-state index contributed by atoms with van der Waals surface area (Å²) >= 11 is 0. The molecule has 0 unspecified atom stereocenters. The van der Waals surface area contributed by atoms with Crippen molar-refractivity contribution < 1.29 is 9.37 Å². The molecule has 0 bridgehead atoms. The van der Waals surface area contributed by atoms with E-state index in [0.29, 0.717) is 12.5 Å². The summed E-state index contributed by atoms with van der Waals surface area (Å²) in [5.41, 5.74) is 4.47. The highest BCUT2D eigenvalue weighted by atomic mass is 16.6. The molecular formula is C17H15N3O2. The van der Waals surface area contributed by atoms with Crippen molar-refractivity contribution in [2.45, 2.75) is 11.3 Å². The van der Waals surface area contributed by atoms with Crippen LogP contribution >= 0.6 is 0 Å². The molecule has 3 aromatic rings. The number of ether oxygens (including phenoxy) is 1. The number of nitrogens with one attached hydrogen (secondary N) is 1. The Balaban J connectivity index is 1.44. The molecule has 110 valence electrons. The van der Waals surface area contributed by atoms with Crippen molar-refractivity contribution in [3.05, 3.63) is 53.6 Å². The van der Waals surface area contributed by atoms with Crippen molar-refractivity contribution in [3.63, 3.8) is 0 Å². The minimum absolute atomic E-state index is 0.105. The van der Waals surface area contributed by atoms with Gasteiger partial charge in [-0.1, -0.05) is 24.3 Å². The van der Waals surface area contributed by atoms with E-state index >= 15 is 0 Å². The quantitative estimate of drug-likeness (QED) is 0.802. The highest BCUT2D eigenvalue weighted by molar-refractivity contribution is 5.74. The van der Waals surface area contributed by atoms with Crippen molar-refractivity contribution in [2.24, 2.45) is 0 Å². The van der Waals surface area contributed by atoms with E-state index in [1.54, 1.807) is 0 Å². The zero-order valence-corrected chi connectivity index (χ0v) is 12.0. The molecule has 2 aromatic carbocycles. The number of fused-ring (bicyclic) bond motifs is 5. The Morgan fingerprint density at radius 3 is 3.09 bits per heavy atom. The monoisotopic (exact) mass is 293 g/mol. The van der Waals surface area contributed by atoms with Crippen LogP contribution in [0, 0.1) is 0 Å². The normalized spacial score (nSPS) is 25.5. The highest BCUT2D eigenvalue weighted by Gasteiger charge is 2.54. The van der Waals surface area contributed by atoms with Gasteiger partial charge in [0.2, 0.25) is 0 Å². The van der Waals surface area contributed by atoms with Gasteiger partial charge in [0.1, 0.15) is 16.8 Å². The minimum Gasteiger partial charge on any atom is -0.493 e. The summed E-state index contributed by atoms with van der Waals surface area (Å²) in [6, 6.07) is 14.4. The lowest BCUT2D eigenvalue weighted by Crippen LogP contribution is -2.48. The first kappa shape index (κ1) is 12.2. The predicted octanol–water partition coefficient (Wildman–Crippen LogP) is 2.24. The molecule has 5 rings (SSSR count). The van der Waals surface area contributed by atoms with Crippen molar-refractivity contribution in [1.82, 2.24) is 15.6 Å². The van der Waals surface area contributed by atoms with Crippen LogP contribution < -0.4 is 10.1 Å². The molecule has 2 heterocycles. The third-order valence-corrected chi connectivity index (χ3v) is 5.05. The van der Waals surface area contributed by atoms with E-state index in [0.717, 1.165) is 29.9 Å². The standard InChI is InChI=1S/C17H15N3O2/c1-2-4-13-12(3-1)14-8-18-9-17(13,14)10-21-11-5-6-15-16(7-11)20-22-19-15/h1-7,14,18H,8-10H2/t14-,17-/m0/s1. The van der Waals surface area contributed by atoms with Gasteiger partial charge >= 0.3 is 0 Å². The van der Waals surface area contributed by atoms with Crippen LogP contribution in [0.2, 0.25) is 0 Å². The fourth-order valence-corrected chi connectivity index (χ4v) is 3.92. The molecule has 1 fully saturated rings. The van der Waals surface area contributed by atoms with Crippen LogP contribution in [0.1, 0.15) is 17.0 Å². The molecular weight excluding hydrogens is 278 g/mol. The average Bonchev–Trinajstić information content (AvgIpc) is 3.15. The van der Waals surface area contributed by atoms with Crippen molar-refractivity contribution in [1.29, 1.82) is 0 Å². The molecule has 0 saturated carbocycles. The van der Waals surface area contributed by atoms with Crippen molar-refractivity contribution >= 4 is 11.0 Å². The maximum Gasteiger partial charge on any atom is 0.138 e. The molecule has 1 aliphatic heterocycles. The number of hydrogen-bond donors (Lipinski definition) is 1. The maximum atomic E-state index is 6.10. The number of rotatable bonds is 3. The smallest absolute Gasteiger partial charge is 0.138 e. The Morgan fingerprint density at radius 1 is 1.18 bits per heavy atom.